The predicted molar refractivity (Wildman–Crippen MR) is 177 cm³/mol. The summed E-state index contributed by atoms with van der Waals surface area (Å²) in [7, 11) is 0. The number of carboxylic acids is 3. The molecule has 1 aromatic carbocycles. The summed E-state index contributed by atoms with van der Waals surface area (Å²) in [5.41, 5.74) is 5.17. The van der Waals surface area contributed by atoms with Crippen molar-refractivity contribution >= 4 is 81.1 Å². The Labute approximate surface area is 296 Å². The maximum absolute atomic E-state index is 13.5. The van der Waals surface area contributed by atoms with E-state index in [-0.39, 0.29) is 45.7 Å². The van der Waals surface area contributed by atoms with Gasteiger partial charge in [-0.25, -0.2) is 19.6 Å². The van der Waals surface area contributed by atoms with Crippen LogP contribution in [-0.2, 0) is 37.0 Å². The Morgan fingerprint density at radius 2 is 1.92 bits per heavy atom. The number of aromatic nitrogens is 5. The van der Waals surface area contributed by atoms with E-state index >= 15 is 0 Å². The minimum Gasteiger partial charge on any atom is -0.504 e. The van der Waals surface area contributed by atoms with Gasteiger partial charge in [-0.05, 0) is 23.8 Å². The number of thioether (sulfide) groups is 2. The first-order valence-electron chi connectivity index (χ1n) is 14.3. The fourth-order valence-corrected chi connectivity index (χ4v) is 8.15. The molecule has 2 atom stereocenters. The number of hydrogen-bond donors (Lipinski definition) is 7. The number of nitrogens with one attached hydrogen (secondary N) is 1. The standard InChI is InChI=1S/C28H23N9O11S3/c29-28-32-14(9-51-28)19(34-48-6-13-12(26(44)45)1-2-15(38)22(13)41)23(42)33-20-24(43)36-21(27(46)47)10(8-50-25(20)36)7-49-17-3-11(4-18(39)40)31-16-5-30-35-37(16)17/h1-3,5,9,20,25,38,41H,4,6-8H2,(H2,29,32)(H,33,42)(H,39,40)(H,44,45)(H,46,47)/t20-,25-/m1/s1. The molecule has 51 heavy (non-hydrogen) atoms. The highest BCUT2D eigenvalue weighted by molar-refractivity contribution is 8.01. The number of fused-ring (bicyclic) bond motifs is 2. The number of aromatic carboxylic acids is 1. The maximum atomic E-state index is 13.5. The minimum atomic E-state index is -1.43. The molecule has 5 heterocycles. The van der Waals surface area contributed by atoms with Gasteiger partial charge < -0.3 is 41.4 Å². The van der Waals surface area contributed by atoms with Gasteiger partial charge >= 0.3 is 17.9 Å². The summed E-state index contributed by atoms with van der Waals surface area (Å²) in [5, 5.41) is 64.0. The third-order valence-corrected chi connectivity index (χ3v) is 10.5. The maximum Gasteiger partial charge on any atom is 0.352 e. The summed E-state index contributed by atoms with van der Waals surface area (Å²) >= 11 is 3.32. The van der Waals surface area contributed by atoms with Crippen molar-refractivity contribution in [2.45, 2.75) is 29.5 Å². The minimum absolute atomic E-state index is 0.0527. The Morgan fingerprint density at radius 3 is 2.61 bits per heavy atom. The van der Waals surface area contributed by atoms with Crippen LogP contribution in [0.4, 0.5) is 5.13 Å². The van der Waals surface area contributed by atoms with Gasteiger partial charge in [-0.1, -0.05) is 10.4 Å². The molecule has 1 saturated heterocycles. The highest BCUT2D eigenvalue weighted by Crippen LogP contribution is 2.42. The second-order valence-electron chi connectivity index (χ2n) is 10.6. The second-order valence-corrected chi connectivity index (χ2v) is 13.6. The van der Waals surface area contributed by atoms with Crippen molar-refractivity contribution in [1.82, 2.24) is 35.0 Å². The number of thiazole rings is 1. The highest BCUT2D eigenvalue weighted by Gasteiger charge is 2.54. The van der Waals surface area contributed by atoms with Crippen molar-refractivity contribution in [2.24, 2.45) is 5.16 Å². The molecule has 2 aliphatic heterocycles. The van der Waals surface area contributed by atoms with E-state index in [4.69, 9.17) is 10.6 Å². The van der Waals surface area contributed by atoms with Gasteiger partial charge in [0.05, 0.1) is 29.4 Å². The van der Waals surface area contributed by atoms with Crippen molar-refractivity contribution < 1.29 is 54.3 Å². The number of carbonyl (C=O) groups excluding carboxylic acids is 2. The van der Waals surface area contributed by atoms with Crippen molar-refractivity contribution in [3.8, 4) is 11.5 Å². The molecule has 6 rings (SSSR count). The van der Waals surface area contributed by atoms with Crippen LogP contribution in [0.25, 0.3) is 5.65 Å². The van der Waals surface area contributed by atoms with Gasteiger partial charge in [0.2, 0.25) is 0 Å². The van der Waals surface area contributed by atoms with Crippen LogP contribution < -0.4 is 11.1 Å². The van der Waals surface area contributed by atoms with E-state index in [0.717, 1.165) is 40.1 Å². The van der Waals surface area contributed by atoms with Crippen LogP contribution in [0.1, 0.15) is 27.3 Å². The number of nitrogens with two attached hydrogens (primary N) is 1. The molecule has 4 aromatic rings. The zero-order valence-corrected chi connectivity index (χ0v) is 27.9. The third-order valence-electron chi connectivity index (χ3n) is 7.39. The van der Waals surface area contributed by atoms with Gasteiger partial charge in [0.25, 0.3) is 11.8 Å². The molecule has 2 aliphatic rings. The average molecular weight is 758 g/mol. The number of nitrogens with zero attached hydrogens (tertiary/aromatic N) is 7. The molecule has 264 valence electrons. The van der Waals surface area contributed by atoms with Gasteiger partial charge in [-0.2, -0.15) is 4.52 Å². The first kappa shape index (κ1) is 34.9. The topological polar surface area (TPSA) is 305 Å². The van der Waals surface area contributed by atoms with Crippen molar-refractivity contribution in [1.29, 1.82) is 0 Å². The summed E-state index contributed by atoms with van der Waals surface area (Å²) in [6, 6.07) is 2.35. The highest BCUT2D eigenvalue weighted by atomic mass is 32.2. The van der Waals surface area contributed by atoms with Crippen LogP contribution in [0.5, 0.6) is 11.5 Å². The van der Waals surface area contributed by atoms with Crippen LogP contribution in [0, 0.1) is 0 Å². The Balaban J connectivity index is 1.19. The number of hydrogen-bond acceptors (Lipinski definition) is 17. The van der Waals surface area contributed by atoms with Crippen molar-refractivity contribution in [3.63, 3.8) is 0 Å². The summed E-state index contributed by atoms with van der Waals surface area (Å²) in [4.78, 5) is 76.7. The van der Waals surface area contributed by atoms with Crippen molar-refractivity contribution in [3.05, 3.63) is 63.6 Å². The number of aliphatic carboxylic acids is 2. The van der Waals surface area contributed by atoms with Crippen LogP contribution in [0.15, 0.2) is 51.2 Å². The van der Waals surface area contributed by atoms with E-state index in [1.807, 2.05) is 0 Å². The van der Waals surface area contributed by atoms with Gasteiger partial charge in [0.1, 0.15) is 34.4 Å². The van der Waals surface area contributed by atoms with E-state index in [9.17, 15) is 49.5 Å². The Morgan fingerprint density at radius 1 is 1.14 bits per heavy atom. The molecular formula is C28H23N9O11S3. The van der Waals surface area contributed by atoms with E-state index in [2.05, 4.69) is 30.8 Å². The fourth-order valence-electron chi connectivity index (χ4n) is 5.09. The normalized spacial score (nSPS) is 17.2. The number of rotatable bonds is 13. The van der Waals surface area contributed by atoms with Gasteiger partial charge in [-0.3, -0.25) is 19.3 Å². The number of carboxylic acid groups (broad SMARTS) is 3. The lowest BCUT2D eigenvalue weighted by atomic mass is 10.0. The number of oxime groups is 1. The zero-order chi connectivity index (χ0) is 36.6. The van der Waals surface area contributed by atoms with Gasteiger partial charge in [-0.15, -0.1) is 40.0 Å². The lowest BCUT2D eigenvalue weighted by Crippen LogP contribution is -2.71. The van der Waals surface area contributed by atoms with Gasteiger partial charge in [0, 0.05) is 16.9 Å². The van der Waals surface area contributed by atoms with E-state index in [0.29, 0.717) is 16.2 Å². The summed E-state index contributed by atoms with van der Waals surface area (Å²) in [5.74, 6) is -6.69. The number of phenols is 2. The quantitative estimate of drug-likeness (QED) is 0.0242. The Bertz CT molecular complexity index is 2180. The molecule has 20 nitrogen and oxygen atoms in total. The molecule has 0 bridgehead atoms. The smallest absolute Gasteiger partial charge is 0.352 e. The number of nitrogen functional groups attached to an aromatic ring is 1. The van der Waals surface area contributed by atoms with Crippen molar-refractivity contribution in [2.75, 3.05) is 17.2 Å². The third kappa shape index (κ3) is 6.93. The SMILES string of the molecule is Nc1nc(C(=NOCc2c(C(=O)O)ccc(O)c2O)C(=O)N[C@@H]2C(=O)N3C(C(=O)O)=C(CSc4cc(CC(=O)O)nc5cnnn45)CS[C@H]23)cs1. The van der Waals surface area contributed by atoms with Crippen LogP contribution >= 0.6 is 34.9 Å². The largest absolute Gasteiger partial charge is 0.504 e. The monoisotopic (exact) mass is 757 g/mol. The lowest BCUT2D eigenvalue weighted by molar-refractivity contribution is -0.150. The molecule has 23 heteroatoms. The molecule has 1 fully saturated rings. The summed E-state index contributed by atoms with van der Waals surface area (Å²) in [6.07, 6.45) is 0.999. The molecule has 0 spiro atoms. The fraction of sp³-hybridized carbons (Fsp3) is 0.214. The van der Waals surface area contributed by atoms with Gasteiger partial charge in [0.15, 0.2) is 28.0 Å². The molecule has 2 amide bonds. The number of anilines is 1. The molecule has 8 N–H and O–H groups in total. The zero-order valence-electron chi connectivity index (χ0n) is 25.5. The van der Waals surface area contributed by atoms with E-state index in [1.165, 1.54) is 33.9 Å². The molecule has 0 saturated carbocycles. The Hall–Kier alpha value is -5.94. The molecule has 0 radical (unpaired) electrons. The molecule has 3 aromatic heterocycles. The number of phenolic OH excluding ortho intramolecular Hbond substituents is 2. The lowest BCUT2D eigenvalue weighted by Gasteiger charge is -2.49. The number of benzene rings is 1. The van der Waals surface area contributed by atoms with E-state index in [1.54, 1.807) is 0 Å². The van der Waals surface area contributed by atoms with Crippen LogP contribution in [0.2, 0.25) is 0 Å². The number of carbonyl (C=O) groups is 5. The van der Waals surface area contributed by atoms with E-state index < -0.39 is 70.5 Å². The predicted octanol–water partition coefficient (Wildman–Crippen LogP) is 0.351. The number of aromatic hydroxyl groups is 2. The summed E-state index contributed by atoms with van der Waals surface area (Å²) in [6.45, 7) is -0.691. The molecule has 0 aliphatic carbocycles. The molecule has 0 unspecified atom stereocenters. The average Bonchev–Trinajstić information content (AvgIpc) is 3.74. The summed E-state index contributed by atoms with van der Waals surface area (Å²) < 4.78 is 1.38. The number of β-lactam (4-membered cyclic amide) rings is 1. The second kappa shape index (κ2) is 14.1. The van der Waals surface area contributed by atoms with Crippen LogP contribution in [-0.4, -0.2) is 114 Å². The van der Waals surface area contributed by atoms with Crippen LogP contribution in [0.3, 0.4) is 0 Å². The number of amides is 2. The Kier molecular flexibility index (Phi) is 9.67. The first-order valence-corrected chi connectivity index (χ1v) is 17.2. The first-order chi connectivity index (χ1) is 24.3. The molecular weight excluding hydrogens is 735 g/mol.